The van der Waals surface area contributed by atoms with Crippen LogP contribution in [0.3, 0.4) is 0 Å². The molecular weight excluding hydrogens is 354 g/mol. The summed E-state index contributed by atoms with van der Waals surface area (Å²) in [5.74, 6) is 0.265. The van der Waals surface area contributed by atoms with Gasteiger partial charge in [0.25, 0.3) is 0 Å². The lowest BCUT2D eigenvalue weighted by Crippen LogP contribution is -2.31. The summed E-state index contributed by atoms with van der Waals surface area (Å²) < 4.78 is 15.3. The third-order valence-corrected chi connectivity index (χ3v) is 3.43. The molecule has 0 spiro atoms. The fourth-order valence-corrected chi connectivity index (χ4v) is 2.30. The molecule has 1 heterocycles. The second-order valence-corrected chi connectivity index (χ2v) is 5.16. The zero-order valence-electron chi connectivity index (χ0n) is 13.7. The SMILES string of the molecule is CNCCCC(=O)NC(c1cccc(F)c1)c1nccn1C.Cl.Cl. The average molecular weight is 377 g/mol. The minimum atomic E-state index is -0.460. The number of aryl methyl sites for hydroxylation is 1. The molecule has 8 heteroatoms. The van der Waals surface area contributed by atoms with Crippen LogP contribution in [0.25, 0.3) is 0 Å². The van der Waals surface area contributed by atoms with E-state index in [9.17, 15) is 9.18 Å². The normalized spacial score (nSPS) is 11.1. The fraction of sp³-hybridized carbons (Fsp3) is 0.375. The predicted molar refractivity (Wildman–Crippen MR) is 97.3 cm³/mol. The van der Waals surface area contributed by atoms with Crippen LogP contribution in [0.15, 0.2) is 36.7 Å². The third-order valence-electron chi connectivity index (χ3n) is 3.43. The molecule has 0 bridgehead atoms. The van der Waals surface area contributed by atoms with E-state index < -0.39 is 6.04 Å². The molecule has 0 aliphatic heterocycles. The number of nitrogens with one attached hydrogen (secondary N) is 2. The minimum Gasteiger partial charge on any atom is -0.342 e. The van der Waals surface area contributed by atoms with E-state index in [1.54, 1.807) is 24.5 Å². The Morgan fingerprint density at radius 1 is 1.38 bits per heavy atom. The van der Waals surface area contributed by atoms with Crippen LogP contribution in [-0.2, 0) is 11.8 Å². The topological polar surface area (TPSA) is 59.0 Å². The molecule has 0 saturated carbocycles. The Morgan fingerprint density at radius 3 is 2.71 bits per heavy atom. The number of amides is 1. The molecule has 0 aliphatic carbocycles. The van der Waals surface area contributed by atoms with Gasteiger partial charge in [0, 0.05) is 25.9 Å². The molecular formula is C16H23Cl2FN4O. The summed E-state index contributed by atoms with van der Waals surface area (Å²) in [4.78, 5) is 16.4. The van der Waals surface area contributed by atoms with Gasteiger partial charge in [-0.3, -0.25) is 4.79 Å². The van der Waals surface area contributed by atoms with Gasteiger partial charge in [-0.05, 0) is 37.7 Å². The van der Waals surface area contributed by atoms with Crippen LogP contribution in [0.1, 0.15) is 30.3 Å². The maximum absolute atomic E-state index is 13.5. The number of aromatic nitrogens is 2. The summed E-state index contributed by atoms with van der Waals surface area (Å²) in [6.07, 6.45) is 4.62. The van der Waals surface area contributed by atoms with E-state index in [0.717, 1.165) is 13.0 Å². The molecule has 1 aromatic carbocycles. The van der Waals surface area contributed by atoms with Crippen LogP contribution in [0.4, 0.5) is 4.39 Å². The summed E-state index contributed by atoms with van der Waals surface area (Å²) in [7, 11) is 3.70. The molecule has 2 rings (SSSR count). The van der Waals surface area contributed by atoms with Crippen LogP contribution in [0, 0.1) is 5.82 Å². The zero-order valence-corrected chi connectivity index (χ0v) is 15.3. The molecule has 1 atom stereocenters. The van der Waals surface area contributed by atoms with Crippen molar-refractivity contribution in [3.8, 4) is 0 Å². The minimum absolute atomic E-state index is 0. The van der Waals surface area contributed by atoms with E-state index >= 15 is 0 Å². The highest BCUT2D eigenvalue weighted by Gasteiger charge is 2.20. The van der Waals surface area contributed by atoms with Gasteiger partial charge in [-0.25, -0.2) is 9.37 Å². The zero-order chi connectivity index (χ0) is 15.9. The average Bonchev–Trinajstić information content (AvgIpc) is 2.91. The van der Waals surface area contributed by atoms with Gasteiger partial charge in [0.1, 0.15) is 17.7 Å². The summed E-state index contributed by atoms with van der Waals surface area (Å²) in [5, 5.41) is 5.95. The van der Waals surface area contributed by atoms with E-state index in [4.69, 9.17) is 0 Å². The first kappa shape index (κ1) is 22.4. The van der Waals surface area contributed by atoms with Crippen molar-refractivity contribution in [3.05, 3.63) is 53.9 Å². The molecule has 0 saturated heterocycles. The smallest absolute Gasteiger partial charge is 0.220 e. The van der Waals surface area contributed by atoms with Crippen LogP contribution in [0.5, 0.6) is 0 Å². The van der Waals surface area contributed by atoms with Crippen molar-refractivity contribution < 1.29 is 9.18 Å². The summed E-state index contributed by atoms with van der Waals surface area (Å²) in [6.45, 7) is 0.778. The number of rotatable bonds is 7. The lowest BCUT2D eigenvalue weighted by molar-refractivity contribution is -0.121. The van der Waals surface area contributed by atoms with E-state index in [1.807, 2.05) is 18.7 Å². The Bertz CT molecular complexity index is 636. The molecule has 2 aromatic rings. The fourth-order valence-electron chi connectivity index (χ4n) is 2.30. The third kappa shape index (κ3) is 6.11. The first-order valence-corrected chi connectivity index (χ1v) is 7.28. The predicted octanol–water partition coefficient (Wildman–Crippen LogP) is 2.61. The van der Waals surface area contributed by atoms with Crippen LogP contribution in [0.2, 0.25) is 0 Å². The van der Waals surface area contributed by atoms with Gasteiger partial charge in [0.15, 0.2) is 0 Å². The quantitative estimate of drug-likeness (QED) is 0.730. The molecule has 0 aliphatic rings. The Kier molecular flexibility index (Phi) is 10.3. The van der Waals surface area contributed by atoms with Crippen LogP contribution in [-0.4, -0.2) is 29.1 Å². The molecule has 1 amide bonds. The number of halogens is 3. The first-order chi connectivity index (χ1) is 10.6. The number of hydrogen-bond donors (Lipinski definition) is 2. The van der Waals surface area contributed by atoms with Crippen molar-refractivity contribution in [2.45, 2.75) is 18.9 Å². The lowest BCUT2D eigenvalue weighted by Gasteiger charge is -2.19. The highest BCUT2D eigenvalue weighted by Crippen LogP contribution is 2.21. The van der Waals surface area contributed by atoms with Crippen molar-refractivity contribution in [3.63, 3.8) is 0 Å². The Morgan fingerprint density at radius 2 is 2.12 bits per heavy atom. The van der Waals surface area contributed by atoms with E-state index in [1.165, 1.54) is 12.1 Å². The number of carbonyl (C=O) groups is 1. The Labute approximate surface area is 153 Å². The second-order valence-electron chi connectivity index (χ2n) is 5.16. The molecule has 1 aromatic heterocycles. The van der Waals surface area contributed by atoms with E-state index in [-0.39, 0.29) is 36.5 Å². The van der Waals surface area contributed by atoms with Crippen molar-refractivity contribution in [1.29, 1.82) is 0 Å². The van der Waals surface area contributed by atoms with E-state index in [0.29, 0.717) is 17.8 Å². The molecule has 1 unspecified atom stereocenters. The number of carbonyl (C=O) groups excluding carboxylic acids is 1. The molecule has 24 heavy (non-hydrogen) atoms. The number of hydrogen-bond acceptors (Lipinski definition) is 3. The van der Waals surface area contributed by atoms with Gasteiger partial charge >= 0.3 is 0 Å². The number of nitrogens with zero attached hydrogens (tertiary/aromatic N) is 2. The van der Waals surface area contributed by atoms with Crippen molar-refractivity contribution in [2.75, 3.05) is 13.6 Å². The Balaban J connectivity index is 0.00000264. The van der Waals surface area contributed by atoms with Gasteiger partial charge in [-0.15, -0.1) is 24.8 Å². The summed E-state index contributed by atoms with van der Waals surface area (Å²) in [5.41, 5.74) is 0.677. The second kappa shape index (κ2) is 11.0. The largest absolute Gasteiger partial charge is 0.342 e. The highest BCUT2D eigenvalue weighted by atomic mass is 35.5. The number of benzene rings is 1. The Hall–Kier alpha value is -1.63. The van der Waals surface area contributed by atoms with Gasteiger partial charge in [-0.1, -0.05) is 12.1 Å². The lowest BCUT2D eigenvalue weighted by atomic mass is 10.1. The molecule has 134 valence electrons. The van der Waals surface area contributed by atoms with Crippen LogP contribution >= 0.6 is 24.8 Å². The van der Waals surface area contributed by atoms with Crippen LogP contribution < -0.4 is 10.6 Å². The molecule has 5 nitrogen and oxygen atoms in total. The van der Waals surface area contributed by atoms with Crippen molar-refractivity contribution in [2.24, 2.45) is 7.05 Å². The number of imidazole rings is 1. The first-order valence-electron chi connectivity index (χ1n) is 7.28. The maximum Gasteiger partial charge on any atom is 0.220 e. The van der Waals surface area contributed by atoms with Gasteiger partial charge in [0.2, 0.25) is 5.91 Å². The summed E-state index contributed by atoms with van der Waals surface area (Å²) in [6, 6.07) is 5.77. The molecule has 0 radical (unpaired) electrons. The molecule has 0 fully saturated rings. The van der Waals surface area contributed by atoms with Gasteiger partial charge in [-0.2, -0.15) is 0 Å². The summed E-state index contributed by atoms with van der Waals surface area (Å²) >= 11 is 0. The maximum atomic E-state index is 13.5. The van der Waals surface area contributed by atoms with E-state index in [2.05, 4.69) is 15.6 Å². The van der Waals surface area contributed by atoms with Crippen molar-refractivity contribution >= 4 is 30.7 Å². The monoisotopic (exact) mass is 376 g/mol. The standard InChI is InChI=1S/C16H21FN4O.2ClH/c1-18-8-4-7-14(22)20-15(16-19-9-10-21(16)2)12-5-3-6-13(17)11-12;;/h3,5-6,9-11,15,18H,4,7-8H2,1-2H3,(H,20,22);2*1H. The van der Waals surface area contributed by atoms with Gasteiger partial charge in [0.05, 0.1) is 0 Å². The van der Waals surface area contributed by atoms with Crippen molar-refractivity contribution in [1.82, 2.24) is 20.2 Å². The molecule has 2 N–H and O–H groups in total. The van der Waals surface area contributed by atoms with Gasteiger partial charge < -0.3 is 15.2 Å². The highest BCUT2D eigenvalue weighted by molar-refractivity contribution is 5.85.